The summed E-state index contributed by atoms with van der Waals surface area (Å²) >= 11 is 6.08. The van der Waals surface area contributed by atoms with E-state index in [-0.39, 0.29) is 17.5 Å². The summed E-state index contributed by atoms with van der Waals surface area (Å²) < 4.78 is 5.76. The van der Waals surface area contributed by atoms with Gasteiger partial charge in [-0.05, 0) is 31.2 Å². The van der Waals surface area contributed by atoms with Crippen LogP contribution in [0.25, 0.3) is 0 Å². The molecule has 0 N–H and O–H groups in total. The molecular weight excluding hydrogens is 402 g/mol. The van der Waals surface area contributed by atoms with Gasteiger partial charge in [0.05, 0.1) is 23.4 Å². The van der Waals surface area contributed by atoms with Crippen LogP contribution in [0.3, 0.4) is 0 Å². The maximum Gasteiger partial charge on any atom is 0.325 e. The summed E-state index contributed by atoms with van der Waals surface area (Å²) in [4.78, 5) is 23.3. The topological polar surface area (TPSA) is 72.7 Å². The van der Waals surface area contributed by atoms with Gasteiger partial charge in [-0.1, -0.05) is 18.5 Å². The zero-order valence-corrected chi connectivity index (χ0v) is 18.1. The van der Waals surface area contributed by atoms with E-state index in [0.29, 0.717) is 36.0 Å². The largest absolute Gasteiger partial charge is 0.489 e. The SMILES string of the molecule is CC1COc2cc(Cl)ccc2N1C(=O)N1CC(C)(CN(C)c2cc(C#N)ccn2)C1. The second-order valence-corrected chi connectivity index (χ2v) is 8.90. The number of fused-ring (bicyclic) bond motifs is 1. The number of hydrogen-bond acceptors (Lipinski definition) is 5. The predicted octanol–water partition coefficient (Wildman–Crippen LogP) is 3.77. The number of carbonyl (C=O) groups is 1. The Morgan fingerprint density at radius 1 is 1.40 bits per heavy atom. The van der Waals surface area contributed by atoms with E-state index in [0.717, 1.165) is 18.1 Å². The summed E-state index contributed by atoms with van der Waals surface area (Å²) in [5.74, 6) is 1.40. The van der Waals surface area contributed by atoms with Gasteiger partial charge in [-0.3, -0.25) is 4.90 Å². The second-order valence-electron chi connectivity index (χ2n) is 8.46. The molecule has 30 heavy (non-hydrogen) atoms. The van der Waals surface area contributed by atoms with E-state index in [2.05, 4.69) is 18.0 Å². The van der Waals surface area contributed by atoms with Gasteiger partial charge in [0.15, 0.2) is 0 Å². The molecule has 0 saturated carbocycles. The van der Waals surface area contributed by atoms with E-state index >= 15 is 0 Å². The first-order chi connectivity index (χ1) is 14.3. The smallest absolute Gasteiger partial charge is 0.325 e. The van der Waals surface area contributed by atoms with Crippen LogP contribution in [0.1, 0.15) is 19.4 Å². The van der Waals surface area contributed by atoms with E-state index in [1.165, 1.54) is 0 Å². The predicted molar refractivity (Wildman–Crippen MR) is 116 cm³/mol. The monoisotopic (exact) mass is 425 g/mol. The third-order valence-corrected chi connectivity index (χ3v) is 5.84. The van der Waals surface area contributed by atoms with Crippen molar-refractivity contribution in [2.24, 2.45) is 5.41 Å². The maximum absolute atomic E-state index is 13.3. The average molecular weight is 426 g/mol. The zero-order valence-electron chi connectivity index (χ0n) is 17.3. The quantitative estimate of drug-likeness (QED) is 0.748. The van der Waals surface area contributed by atoms with Crippen molar-refractivity contribution in [2.75, 3.05) is 43.1 Å². The number of hydrogen-bond donors (Lipinski definition) is 0. The molecule has 1 atom stereocenters. The van der Waals surface area contributed by atoms with Gasteiger partial charge in [0, 0.05) is 49.4 Å². The molecule has 0 aliphatic carbocycles. The lowest BCUT2D eigenvalue weighted by Gasteiger charge is -2.51. The molecule has 2 aliphatic heterocycles. The number of aromatic nitrogens is 1. The summed E-state index contributed by atoms with van der Waals surface area (Å²) in [6.07, 6.45) is 1.65. The number of nitriles is 1. The summed E-state index contributed by atoms with van der Waals surface area (Å²) in [6, 6.07) is 10.9. The number of nitrogens with zero attached hydrogens (tertiary/aromatic N) is 5. The standard InChI is InChI=1S/C22H24ClN5O2/c1-15-11-30-19-9-17(23)4-5-18(19)28(15)21(29)27-13-22(2,14-27)12-26(3)20-8-16(10-24)6-7-25-20/h4-9,15H,11-14H2,1-3H3. The van der Waals surface area contributed by atoms with Crippen molar-refractivity contribution < 1.29 is 9.53 Å². The summed E-state index contributed by atoms with van der Waals surface area (Å²) in [7, 11) is 1.96. The van der Waals surface area contributed by atoms with Crippen LogP contribution in [-0.4, -0.2) is 55.2 Å². The van der Waals surface area contributed by atoms with Crippen molar-refractivity contribution in [3.8, 4) is 11.8 Å². The number of benzene rings is 1. The number of amides is 2. The van der Waals surface area contributed by atoms with Gasteiger partial charge < -0.3 is 14.5 Å². The van der Waals surface area contributed by atoms with Crippen LogP contribution in [0.4, 0.5) is 16.3 Å². The van der Waals surface area contributed by atoms with Crippen LogP contribution in [0.5, 0.6) is 5.75 Å². The van der Waals surface area contributed by atoms with Gasteiger partial charge >= 0.3 is 6.03 Å². The molecule has 7 nitrogen and oxygen atoms in total. The first-order valence-electron chi connectivity index (χ1n) is 9.87. The summed E-state index contributed by atoms with van der Waals surface area (Å²) in [6.45, 7) is 6.63. The van der Waals surface area contributed by atoms with Crippen LogP contribution in [0.2, 0.25) is 5.02 Å². The lowest BCUT2D eigenvalue weighted by molar-refractivity contribution is 0.0541. The van der Waals surface area contributed by atoms with E-state index in [4.69, 9.17) is 21.6 Å². The van der Waals surface area contributed by atoms with Crippen molar-refractivity contribution in [1.29, 1.82) is 5.26 Å². The molecule has 2 amide bonds. The number of rotatable bonds is 3. The number of carbonyl (C=O) groups excluding carboxylic acids is 1. The maximum atomic E-state index is 13.3. The van der Waals surface area contributed by atoms with Crippen molar-refractivity contribution >= 4 is 29.1 Å². The minimum atomic E-state index is -0.0568. The fraction of sp³-hybridized carbons (Fsp3) is 0.409. The van der Waals surface area contributed by atoms with Gasteiger partial charge in [-0.2, -0.15) is 5.26 Å². The zero-order chi connectivity index (χ0) is 21.5. The highest BCUT2D eigenvalue weighted by Gasteiger charge is 2.45. The molecule has 0 bridgehead atoms. The third-order valence-electron chi connectivity index (χ3n) is 5.61. The van der Waals surface area contributed by atoms with E-state index in [1.54, 1.807) is 35.4 Å². The molecule has 156 valence electrons. The fourth-order valence-corrected chi connectivity index (χ4v) is 4.39. The lowest BCUT2D eigenvalue weighted by Crippen LogP contribution is -2.65. The van der Waals surface area contributed by atoms with Crippen LogP contribution >= 0.6 is 11.6 Å². The van der Waals surface area contributed by atoms with Gasteiger partial charge in [0.1, 0.15) is 18.2 Å². The van der Waals surface area contributed by atoms with Gasteiger partial charge in [0.25, 0.3) is 0 Å². The molecule has 0 radical (unpaired) electrons. The minimum Gasteiger partial charge on any atom is -0.489 e. The number of ether oxygens (including phenoxy) is 1. The molecule has 4 rings (SSSR count). The Labute approximate surface area is 181 Å². The number of pyridine rings is 1. The van der Waals surface area contributed by atoms with Gasteiger partial charge in [-0.15, -0.1) is 0 Å². The molecule has 1 unspecified atom stereocenters. The molecule has 0 spiro atoms. The first kappa shape index (κ1) is 20.3. The molecule has 2 aliphatic rings. The Balaban J connectivity index is 1.43. The molecule has 1 aromatic heterocycles. The average Bonchev–Trinajstić information content (AvgIpc) is 2.71. The Kier molecular flexibility index (Phi) is 5.20. The number of anilines is 2. The van der Waals surface area contributed by atoms with Crippen molar-refractivity contribution in [3.05, 3.63) is 47.1 Å². The lowest BCUT2D eigenvalue weighted by atomic mass is 9.81. The highest BCUT2D eigenvalue weighted by Crippen LogP contribution is 2.39. The van der Waals surface area contributed by atoms with Gasteiger partial charge in [0.2, 0.25) is 0 Å². The van der Waals surface area contributed by atoms with Crippen LogP contribution in [-0.2, 0) is 0 Å². The highest BCUT2D eigenvalue weighted by molar-refractivity contribution is 6.30. The van der Waals surface area contributed by atoms with Crippen LogP contribution in [0, 0.1) is 16.7 Å². The molecule has 1 fully saturated rings. The summed E-state index contributed by atoms with van der Waals surface area (Å²) in [5, 5.41) is 9.69. The van der Waals surface area contributed by atoms with E-state index in [9.17, 15) is 4.79 Å². The van der Waals surface area contributed by atoms with E-state index in [1.807, 2.05) is 29.8 Å². The third kappa shape index (κ3) is 3.75. The molecule has 8 heteroatoms. The molecule has 3 heterocycles. The van der Waals surface area contributed by atoms with Crippen LogP contribution < -0.4 is 14.5 Å². The molecule has 2 aromatic rings. The normalized spacial score (nSPS) is 19.2. The van der Waals surface area contributed by atoms with Gasteiger partial charge in [-0.25, -0.2) is 9.78 Å². The Morgan fingerprint density at radius 3 is 2.90 bits per heavy atom. The number of halogens is 1. The van der Waals surface area contributed by atoms with Crippen LogP contribution in [0.15, 0.2) is 36.5 Å². The highest BCUT2D eigenvalue weighted by atomic mass is 35.5. The Bertz CT molecular complexity index is 1010. The Hall–Kier alpha value is -2.98. The van der Waals surface area contributed by atoms with Crippen molar-refractivity contribution in [3.63, 3.8) is 0 Å². The molecule has 1 saturated heterocycles. The second kappa shape index (κ2) is 7.69. The fourth-order valence-electron chi connectivity index (χ4n) is 4.23. The molecular formula is C22H24ClN5O2. The van der Waals surface area contributed by atoms with E-state index < -0.39 is 0 Å². The van der Waals surface area contributed by atoms with Crippen molar-refractivity contribution in [1.82, 2.24) is 9.88 Å². The van der Waals surface area contributed by atoms with Crippen molar-refractivity contribution in [2.45, 2.75) is 19.9 Å². The number of likely N-dealkylation sites (tertiary alicyclic amines) is 1. The first-order valence-corrected chi connectivity index (χ1v) is 10.3. The number of urea groups is 1. The summed E-state index contributed by atoms with van der Waals surface area (Å²) in [5.41, 5.74) is 1.29. The minimum absolute atomic E-state index is 0.0147. The molecule has 1 aromatic carbocycles. The Morgan fingerprint density at radius 2 is 2.17 bits per heavy atom.